The van der Waals surface area contributed by atoms with Crippen LogP contribution in [0.5, 0.6) is 0 Å². The van der Waals surface area contributed by atoms with E-state index in [0.29, 0.717) is 6.23 Å². The minimum atomic E-state index is 0.463. The SMILES string of the molecule is C1NC2OCC3C1C23. The van der Waals surface area contributed by atoms with Crippen molar-refractivity contribution in [2.24, 2.45) is 17.8 Å². The Hall–Kier alpha value is -0.0800. The van der Waals surface area contributed by atoms with Crippen LogP contribution in [-0.4, -0.2) is 19.4 Å². The molecule has 3 rings (SSSR count). The Morgan fingerprint density at radius 1 is 1.38 bits per heavy atom. The van der Waals surface area contributed by atoms with Crippen LogP contribution >= 0.6 is 0 Å². The molecule has 0 radical (unpaired) electrons. The summed E-state index contributed by atoms with van der Waals surface area (Å²) >= 11 is 0. The van der Waals surface area contributed by atoms with Gasteiger partial charge < -0.3 is 4.74 Å². The zero-order chi connectivity index (χ0) is 5.14. The van der Waals surface area contributed by atoms with Crippen molar-refractivity contribution in [3.05, 3.63) is 0 Å². The van der Waals surface area contributed by atoms with Crippen molar-refractivity contribution >= 4 is 0 Å². The Morgan fingerprint density at radius 3 is 3.00 bits per heavy atom. The van der Waals surface area contributed by atoms with Crippen LogP contribution in [0.3, 0.4) is 0 Å². The maximum absolute atomic E-state index is 5.39. The van der Waals surface area contributed by atoms with E-state index in [-0.39, 0.29) is 0 Å². The van der Waals surface area contributed by atoms with Gasteiger partial charge in [-0.2, -0.15) is 0 Å². The molecular formula is C6H9NO. The van der Waals surface area contributed by atoms with Gasteiger partial charge in [-0.3, -0.25) is 5.32 Å². The second kappa shape index (κ2) is 0.957. The lowest BCUT2D eigenvalue weighted by atomic mass is 10.3. The number of piperidine rings is 1. The first-order valence-electron chi connectivity index (χ1n) is 3.32. The third-order valence-corrected chi connectivity index (χ3v) is 2.77. The Labute approximate surface area is 48.2 Å². The zero-order valence-electron chi connectivity index (χ0n) is 4.63. The molecular weight excluding hydrogens is 102 g/mol. The standard InChI is InChI=1S/C6H9NO/c1-3-4-2-8-6(7-1)5(3)4/h3-7H,1-2H2. The monoisotopic (exact) mass is 111 g/mol. The summed E-state index contributed by atoms with van der Waals surface area (Å²) in [5.74, 6) is 2.89. The fourth-order valence-corrected chi connectivity index (χ4v) is 2.22. The maximum Gasteiger partial charge on any atom is 0.111 e. The Morgan fingerprint density at radius 2 is 2.38 bits per heavy atom. The molecule has 3 aliphatic rings. The molecule has 1 aliphatic carbocycles. The van der Waals surface area contributed by atoms with Gasteiger partial charge in [0.15, 0.2) is 0 Å². The molecule has 2 heteroatoms. The summed E-state index contributed by atoms with van der Waals surface area (Å²) in [5, 5.41) is 3.33. The number of fused-ring (bicyclic) bond motifs is 1. The van der Waals surface area contributed by atoms with E-state index in [0.717, 1.165) is 24.4 Å². The quantitative estimate of drug-likeness (QED) is 0.467. The van der Waals surface area contributed by atoms with Gasteiger partial charge in [0, 0.05) is 12.5 Å². The molecule has 8 heavy (non-hydrogen) atoms. The fourth-order valence-electron chi connectivity index (χ4n) is 2.22. The molecule has 2 saturated heterocycles. The van der Waals surface area contributed by atoms with Gasteiger partial charge in [-0.05, 0) is 11.8 Å². The van der Waals surface area contributed by atoms with Crippen LogP contribution in [0.2, 0.25) is 0 Å². The van der Waals surface area contributed by atoms with Crippen LogP contribution < -0.4 is 5.32 Å². The molecule has 1 saturated carbocycles. The van der Waals surface area contributed by atoms with Crippen molar-refractivity contribution in [2.45, 2.75) is 6.23 Å². The lowest BCUT2D eigenvalue weighted by Gasteiger charge is -2.03. The average molecular weight is 111 g/mol. The highest BCUT2D eigenvalue weighted by atomic mass is 16.5. The van der Waals surface area contributed by atoms with Crippen LogP contribution in [0.15, 0.2) is 0 Å². The van der Waals surface area contributed by atoms with Crippen LogP contribution in [0.25, 0.3) is 0 Å². The van der Waals surface area contributed by atoms with E-state index in [4.69, 9.17) is 4.74 Å². The molecule has 0 aromatic heterocycles. The molecule has 0 amide bonds. The van der Waals surface area contributed by atoms with Gasteiger partial charge >= 0.3 is 0 Å². The van der Waals surface area contributed by atoms with Gasteiger partial charge in [-0.25, -0.2) is 0 Å². The molecule has 0 spiro atoms. The van der Waals surface area contributed by atoms with Crippen molar-refractivity contribution in [1.82, 2.24) is 5.32 Å². The van der Waals surface area contributed by atoms with Crippen molar-refractivity contribution in [3.63, 3.8) is 0 Å². The Kier molecular flexibility index (Phi) is 0.461. The number of ether oxygens (including phenoxy) is 1. The van der Waals surface area contributed by atoms with E-state index in [9.17, 15) is 0 Å². The summed E-state index contributed by atoms with van der Waals surface area (Å²) in [5.41, 5.74) is 0. The van der Waals surface area contributed by atoms with Gasteiger partial charge in [-0.15, -0.1) is 0 Å². The third-order valence-electron chi connectivity index (χ3n) is 2.77. The molecule has 2 aliphatic heterocycles. The lowest BCUT2D eigenvalue weighted by Crippen LogP contribution is -2.24. The van der Waals surface area contributed by atoms with Crippen molar-refractivity contribution in [1.29, 1.82) is 0 Å². The number of rotatable bonds is 0. The molecule has 2 nitrogen and oxygen atoms in total. The smallest absolute Gasteiger partial charge is 0.111 e. The summed E-state index contributed by atoms with van der Waals surface area (Å²) in [6, 6.07) is 0. The summed E-state index contributed by atoms with van der Waals surface area (Å²) in [4.78, 5) is 0. The molecule has 4 unspecified atom stereocenters. The van der Waals surface area contributed by atoms with Crippen LogP contribution in [0.4, 0.5) is 0 Å². The predicted octanol–water partition coefficient (Wildman–Crippen LogP) is -0.192. The van der Waals surface area contributed by atoms with Crippen LogP contribution in [-0.2, 0) is 4.74 Å². The second-order valence-corrected chi connectivity index (χ2v) is 3.07. The minimum Gasteiger partial charge on any atom is -0.363 e. The topological polar surface area (TPSA) is 21.3 Å². The van der Waals surface area contributed by atoms with E-state index < -0.39 is 0 Å². The lowest BCUT2D eigenvalue weighted by molar-refractivity contribution is 0.0756. The van der Waals surface area contributed by atoms with E-state index in [2.05, 4.69) is 5.32 Å². The van der Waals surface area contributed by atoms with Gasteiger partial charge in [0.2, 0.25) is 0 Å². The maximum atomic E-state index is 5.39. The predicted molar refractivity (Wildman–Crippen MR) is 28.2 cm³/mol. The highest BCUT2D eigenvalue weighted by molar-refractivity contribution is 5.10. The van der Waals surface area contributed by atoms with Crippen LogP contribution in [0.1, 0.15) is 0 Å². The first-order chi connectivity index (χ1) is 3.97. The van der Waals surface area contributed by atoms with Crippen molar-refractivity contribution in [2.75, 3.05) is 13.2 Å². The zero-order valence-corrected chi connectivity index (χ0v) is 4.63. The first-order valence-corrected chi connectivity index (χ1v) is 3.32. The summed E-state index contributed by atoms with van der Waals surface area (Å²) in [7, 11) is 0. The highest BCUT2D eigenvalue weighted by Crippen LogP contribution is 2.56. The number of hydrogen-bond acceptors (Lipinski definition) is 2. The van der Waals surface area contributed by atoms with E-state index in [1.54, 1.807) is 0 Å². The highest BCUT2D eigenvalue weighted by Gasteiger charge is 2.62. The molecule has 2 heterocycles. The van der Waals surface area contributed by atoms with Gasteiger partial charge in [0.05, 0.1) is 6.61 Å². The molecule has 44 valence electrons. The summed E-state index contributed by atoms with van der Waals surface area (Å²) < 4.78 is 5.39. The summed E-state index contributed by atoms with van der Waals surface area (Å²) in [6.07, 6.45) is 0.463. The first kappa shape index (κ1) is 3.85. The molecule has 3 fully saturated rings. The van der Waals surface area contributed by atoms with E-state index >= 15 is 0 Å². The number of nitrogens with one attached hydrogen (secondary N) is 1. The summed E-state index contributed by atoms with van der Waals surface area (Å²) in [6.45, 7) is 2.26. The van der Waals surface area contributed by atoms with Crippen molar-refractivity contribution < 1.29 is 4.74 Å². The molecule has 0 bridgehead atoms. The largest absolute Gasteiger partial charge is 0.363 e. The molecule has 4 atom stereocenters. The molecule has 0 aromatic rings. The van der Waals surface area contributed by atoms with Gasteiger partial charge in [0.1, 0.15) is 6.23 Å². The third kappa shape index (κ3) is 0.250. The van der Waals surface area contributed by atoms with Gasteiger partial charge in [-0.1, -0.05) is 0 Å². The van der Waals surface area contributed by atoms with Crippen molar-refractivity contribution in [3.8, 4) is 0 Å². The molecule has 1 N–H and O–H groups in total. The van der Waals surface area contributed by atoms with E-state index in [1.807, 2.05) is 0 Å². The average Bonchev–Trinajstić information content (AvgIpc) is 2.11. The minimum absolute atomic E-state index is 0.463. The van der Waals surface area contributed by atoms with Crippen LogP contribution in [0, 0.1) is 17.8 Å². The van der Waals surface area contributed by atoms with E-state index in [1.165, 1.54) is 6.54 Å². The molecule has 0 aromatic carbocycles. The Bertz CT molecular complexity index is 122. The van der Waals surface area contributed by atoms with Gasteiger partial charge in [0.25, 0.3) is 0 Å². The normalized spacial score (nSPS) is 66.0. The Balaban J connectivity index is 2.02. The fraction of sp³-hybridized carbons (Fsp3) is 1.00. The number of hydrogen-bond donors (Lipinski definition) is 1. The second-order valence-electron chi connectivity index (χ2n) is 3.07.